The zero-order valence-corrected chi connectivity index (χ0v) is 14.3. The van der Waals surface area contributed by atoms with Crippen molar-refractivity contribution >= 4 is 43.2 Å². The van der Waals surface area contributed by atoms with Gasteiger partial charge in [0.1, 0.15) is 11.5 Å². The maximum atomic E-state index is 5.87. The second-order valence-corrected chi connectivity index (χ2v) is 7.68. The van der Waals surface area contributed by atoms with Crippen LogP contribution in [0.3, 0.4) is 0 Å². The molecule has 0 aliphatic heterocycles. The lowest BCUT2D eigenvalue weighted by molar-refractivity contribution is 0.426. The molecule has 0 saturated heterocycles. The SMILES string of the molecule is CCNC(c1ccc(CC)o1)c1cc(Br)sc1Br. The van der Waals surface area contributed by atoms with Gasteiger partial charge in [0.2, 0.25) is 0 Å². The van der Waals surface area contributed by atoms with Crippen molar-refractivity contribution in [2.24, 2.45) is 0 Å². The van der Waals surface area contributed by atoms with Crippen molar-refractivity contribution in [3.63, 3.8) is 0 Å². The van der Waals surface area contributed by atoms with Gasteiger partial charge in [-0.3, -0.25) is 0 Å². The molecular formula is C13H15Br2NOS. The van der Waals surface area contributed by atoms with E-state index in [0.717, 1.165) is 32.1 Å². The van der Waals surface area contributed by atoms with E-state index in [1.165, 1.54) is 5.56 Å². The van der Waals surface area contributed by atoms with E-state index in [2.05, 4.69) is 69.2 Å². The molecular weight excluding hydrogens is 378 g/mol. The minimum Gasteiger partial charge on any atom is -0.464 e. The number of hydrogen-bond acceptors (Lipinski definition) is 3. The first-order valence-corrected chi connectivity index (χ1v) is 8.32. The van der Waals surface area contributed by atoms with Gasteiger partial charge in [0.25, 0.3) is 0 Å². The van der Waals surface area contributed by atoms with Gasteiger partial charge in [0.05, 0.1) is 13.6 Å². The van der Waals surface area contributed by atoms with E-state index in [4.69, 9.17) is 4.42 Å². The van der Waals surface area contributed by atoms with E-state index in [-0.39, 0.29) is 6.04 Å². The van der Waals surface area contributed by atoms with Gasteiger partial charge in [0.15, 0.2) is 0 Å². The van der Waals surface area contributed by atoms with E-state index >= 15 is 0 Å². The van der Waals surface area contributed by atoms with Crippen LogP contribution < -0.4 is 5.32 Å². The molecule has 0 fully saturated rings. The van der Waals surface area contributed by atoms with Crippen molar-refractivity contribution < 1.29 is 4.42 Å². The largest absolute Gasteiger partial charge is 0.464 e. The highest BCUT2D eigenvalue weighted by atomic mass is 79.9. The molecule has 2 rings (SSSR count). The van der Waals surface area contributed by atoms with Crippen LogP contribution in [0.1, 0.15) is 37.0 Å². The maximum absolute atomic E-state index is 5.87. The van der Waals surface area contributed by atoms with Crippen molar-refractivity contribution in [3.05, 3.63) is 42.9 Å². The Morgan fingerprint density at radius 1 is 1.33 bits per heavy atom. The van der Waals surface area contributed by atoms with Crippen LogP contribution in [0.25, 0.3) is 0 Å². The third-order valence-corrected chi connectivity index (χ3v) is 5.10. The number of rotatable bonds is 5. The Labute approximate surface area is 128 Å². The highest BCUT2D eigenvalue weighted by molar-refractivity contribution is 9.12. The van der Waals surface area contributed by atoms with E-state index in [0.29, 0.717) is 0 Å². The van der Waals surface area contributed by atoms with Gasteiger partial charge in [-0.25, -0.2) is 0 Å². The first-order chi connectivity index (χ1) is 8.65. The maximum Gasteiger partial charge on any atom is 0.125 e. The van der Waals surface area contributed by atoms with Gasteiger partial charge in [-0.2, -0.15) is 0 Å². The summed E-state index contributed by atoms with van der Waals surface area (Å²) in [6.07, 6.45) is 0.924. The summed E-state index contributed by atoms with van der Waals surface area (Å²) >= 11 is 8.82. The molecule has 18 heavy (non-hydrogen) atoms. The zero-order valence-electron chi connectivity index (χ0n) is 10.3. The van der Waals surface area contributed by atoms with Gasteiger partial charge >= 0.3 is 0 Å². The summed E-state index contributed by atoms with van der Waals surface area (Å²) in [6, 6.07) is 6.35. The topological polar surface area (TPSA) is 25.2 Å². The fourth-order valence-corrected chi connectivity index (χ4v) is 4.76. The molecule has 5 heteroatoms. The predicted octanol–water partition coefficient (Wildman–Crippen LogP) is 5.13. The zero-order chi connectivity index (χ0) is 13.1. The van der Waals surface area contributed by atoms with Crippen LogP contribution in [0.15, 0.2) is 30.2 Å². The highest BCUT2D eigenvalue weighted by Gasteiger charge is 2.21. The summed E-state index contributed by atoms with van der Waals surface area (Å²) < 4.78 is 8.13. The van der Waals surface area contributed by atoms with Crippen LogP contribution in [0.5, 0.6) is 0 Å². The van der Waals surface area contributed by atoms with Crippen molar-refractivity contribution in [2.45, 2.75) is 26.3 Å². The first-order valence-electron chi connectivity index (χ1n) is 5.92. The molecule has 2 aromatic heterocycles. The summed E-state index contributed by atoms with van der Waals surface area (Å²) in [6.45, 7) is 5.10. The third kappa shape index (κ3) is 3.07. The Bertz CT molecular complexity index is 521. The molecule has 1 N–H and O–H groups in total. The van der Waals surface area contributed by atoms with E-state index in [1.54, 1.807) is 11.3 Å². The van der Waals surface area contributed by atoms with Crippen LogP contribution in [-0.2, 0) is 6.42 Å². The number of halogens is 2. The molecule has 0 bridgehead atoms. The van der Waals surface area contributed by atoms with Crippen LogP contribution in [0.4, 0.5) is 0 Å². The quantitative estimate of drug-likeness (QED) is 0.763. The molecule has 98 valence electrons. The van der Waals surface area contributed by atoms with E-state index < -0.39 is 0 Å². The summed E-state index contributed by atoms with van der Waals surface area (Å²) in [7, 11) is 0. The molecule has 2 aromatic rings. The molecule has 2 heterocycles. The normalized spacial score (nSPS) is 12.9. The molecule has 0 aromatic carbocycles. The molecule has 0 aliphatic carbocycles. The summed E-state index contributed by atoms with van der Waals surface area (Å²) in [5.74, 6) is 2.00. The monoisotopic (exact) mass is 391 g/mol. The lowest BCUT2D eigenvalue weighted by atomic mass is 10.1. The van der Waals surface area contributed by atoms with Gasteiger partial charge in [-0.05, 0) is 56.6 Å². The number of thiophene rings is 1. The summed E-state index contributed by atoms with van der Waals surface area (Å²) in [5, 5.41) is 3.47. The lowest BCUT2D eigenvalue weighted by Crippen LogP contribution is -2.21. The fraction of sp³-hybridized carbons (Fsp3) is 0.385. The Kier molecular flexibility index (Phi) is 5.06. The van der Waals surface area contributed by atoms with Crippen LogP contribution in [-0.4, -0.2) is 6.54 Å². The van der Waals surface area contributed by atoms with Crippen LogP contribution in [0, 0.1) is 0 Å². The predicted molar refractivity (Wildman–Crippen MR) is 83.3 cm³/mol. The Balaban J connectivity index is 2.36. The number of hydrogen-bond donors (Lipinski definition) is 1. The Morgan fingerprint density at radius 3 is 2.61 bits per heavy atom. The number of aryl methyl sites for hydroxylation is 1. The number of nitrogens with one attached hydrogen (secondary N) is 1. The lowest BCUT2D eigenvalue weighted by Gasteiger charge is -2.15. The highest BCUT2D eigenvalue weighted by Crippen LogP contribution is 2.38. The Morgan fingerprint density at radius 2 is 2.11 bits per heavy atom. The van der Waals surface area contributed by atoms with Crippen molar-refractivity contribution in [2.75, 3.05) is 6.54 Å². The standard InChI is InChI=1S/C13H15Br2NOS/c1-3-8-5-6-10(17-8)12(16-4-2)9-7-11(14)18-13(9)15/h5-7,12,16H,3-4H2,1-2H3. The number of furan rings is 1. The van der Waals surface area contributed by atoms with Crippen molar-refractivity contribution in [1.29, 1.82) is 0 Å². The smallest absolute Gasteiger partial charge is 0.125 e. The van der Waals surface area contributed by atoms with E-state index in [9.17, 15) is 0 Å². The minimum absolute atomic E-state index is 0.104. The van der Waals surface area contributed by atoms with Gasteiger partial charge in [-0.1, -0.05) is 13.8 Å². The molecule has 0 radical (unpaired) electrons. The summed E-state index contributed by atoms with van der Waals surface area (Å²) in [5.41, 5.74) is 1.21. The second-order valence-electron chi connectivity index (χ2n) is 3.93. The average Bonchev–Trinajstić information content (AvgIpc) is 2.93. The van der Waals surface area contributed by atoms with Crippen molar-refractivity contribution in [3.8, 4) is 0 Å². The molecule has 0 saturated carbocycles. The van der Waals surface area contributed by atoms with Crippen LogP contribution >= 0.6 is 43.2 Å². The second kappa shape index (κ2) is 6.37. The molecule has 0 spiro atoms. The average molecular weight is 393 g/mol. The minimum atomic E-state index is 0.104. The molecule has 0 amide bonds. The Hall–Kier alpha value is -0.100. The first kappa shape index (κ1) is 14.3. The molecule has 0 aliphatic rings. The molecule has 1 atom stereocenters. The van der Waals surface area contributed by atoms with E-state index in [1.807, 2.05) is 0 Å². The fourth-order valence-electron chi connectivity index (χ4n) is 1.86. The molecule has 1 unspecified atom stereocenters. The summed E-state index contributed by atoms with van der Waals surface area (Å²) in [4.78, 5) is 0. The van der Waals surface area contributed by atoms with Crippen molar-refractivity contribution in [1.82, 2.24) is 5.32 Å². The van der Waals surface area contributed by atoms with Gasteiger partial charge in [0, 0.05) is 12.0 Å². The van der Waals surface area contributed by atoms with Crippen LogP contribution in [0.2, 0.25) is 0 Å². The molecule has 2 nitrogen and oxygen atoms in total. The van der Waals surface area contributed by atoms with Gasteiger partial charge < -0.3 is 9.73 Å². The third-order valence-electron chi connectivity index (χ3n) is 2.72. The van der Waals surface area contributed by atoms with Gasteiger partial charge in [-0.15, -0.1) is 11.3 Å².